The van der Waals surface area contributed by atoms with Gasteiger partial charge in [0.2, 0.25) is 0 Å². The molecule has 1 N–H and O–H groups in total. The standard InChI is InChI=1S/C20H25N3O5S/c1-12-8-15(13(2)23(12)18-4-5-18)9-16(10-21)20(25)28-14(3)19(24)22-17-6-7-29(26,27)11-17/h8-9,14,17-18H,4-7,11H2,1-3H3,(H,22,24)/b16-9+/t14-,17-/m1/s1. The van der Waals surface area contributed by atoms with Crippen LogP contribution in [0, 0.1) is 25.2 Å². The van der Waals surface area contributed by atoms with E-state index in [-0.39, 0.29) is 17.1 Å². The maximum absolute atomic E-state index is 12.4. The third-order valence-electron chi connectivity index (χ3n) is 5.31. The summed E-state index contributed by atoms with van der Waals surface area (Å²) in [5, 5.41) is 12.0. The quantitative estimate of drug-likeness (QED) is 0.425. The minimum absolute atomic E-state index is 0.0344. The highest BCUT2D eigenvalue weighted by molar-refractivity contribution is 7.91. The Morgan fingerprint density at radius 1 is 1.34 bits per heavy atom. The predicted octanol–water partition coefficient (Wildman–Crippen LogP) is 1.58. The third kappa shape index (κ3) is 4.88. The maximum Gasteiger partial charge on any atom is 0.349 e. The number of aromatic nitrogens is 1. The van der Waals surface area contributed by atoms with Gasteiger partial charge in [-0.2, -0.15) is 5.26 Å². The minimum Gasteiger partial charge on any atom is -0.448 e. The van der Waals surface area contributed by atoms with Crippen LogP contribution in [0.1, 0.15) is 49.2 Å². The van der Waals surface area contributed by atoms with Gasteiger partial charge in [-0.05, 0) is 57.7 Å². The van der Waals surface area contributed by atoms with Gasteiger partial charge in [-0.15, -0.1) is 0 Å². The summed E-state index contributed by atoms with van der Waals surface area (Å²) in [5.41, 5.74) is 2.64. The van der Waals surface area contributed by atoms with E-state index in [1.165, 1.54) is 13.0 Å². The molecule has 29 heavy (non-hydrogen) atoms. The third-order valence-corrected chi connectivity index (χ3v) is 7.08. The van der Waals surface area contributed by atoms with Crippen LogP contribution in [-0.4, -0.2) is 48.5 Å². The van der Waals surface area contributed by atoms with Crippen LogP contribution >= 0.6 is 0 Å². The molecule has 156 valence electrons. The van der Waals surface area contributed by atoms with Gasteiger partial charge in [0.25, 0.3) is 5.91 Å². The lowest BCUT2D eigenvalue weighted by molar-refractivity contribution is -0.150. The van der Waals surface area contributed by atoms with E-state index in [1.54, 1.807) is 0 Å². The maximum atomic E-state index is 12.4. The summed E-state index contributed by atoms with van der Waals surface area (Å²) >= 11 is 0. The van der Waals surface area contributed by atoms with Gasteiger partial charge in [-0.3, -0.25) is 4.79 Å². The number of nitrogens with zero attached hydrogens (tertiary/aromatic N) is 2. The van der Waals surface area contributed by atoms with E-state index in [0.717, 1.165) is 29.8 Å². The summed E-state index contributed by atoms with van der Waals surface area (Å²) in [4.78, 5) is 24.6. The van der Waals surface area contributed by atoms with E-state index >= 15 is 0 Å². The average Bonchev–Trinajstić information content (AvgIpc) is 3.35. The Morgan fingerprint density at radius 3 is 2.59 bits per heavy atom. The van der Waals surface area contributed by atoms with E-state index in [4.69, 9.17) is 4.74 Å². The normalized spacial score (nSPS) is 22.0. The molecule has 2 heterocycles. The molecule has 8 nitrogen and oxygen atoms in total. The van der Waals surface area contributed by atoms with Crippen molar-refractivity contribution in [2.75, 3.05) is 11.5 Å². The molecule has 2 atom stereocenters. The second kappa shape index (κ2) is 8.03. The summed E-state index contributed by atoms with van der Waals surface area (Å²) in [6, 6.07) is 3.78. The highest BCUT2D eigenvalue weighted by Crippen LogP contribution is 2.38. The Balaban J connectivity index is 1.65. The van der Waals surface area contributed by atoms with E-state index < -0.39 is 33.9 Å². The minimum atomic E-state index is -3.13. The molecule has 0 aromatic carbocycles. The molecule has 3 rings (SSSR count). The molecule has 1 aromatic heterocycles. The van der Waals surface area contributed by atoms with Crippen molar-refractivity contribution in [3.05, 3.63) is 28.6 Å². The smallest absolute Gasteiger partial charge is 0.349 e. The van der Waals surface area contributed by atoms with E-state index in [9.17, 15) is 23.3 Å². The lowest BCUT2D eigenvalue weighted by atomic mass is 10.1. The first-order chi connectivity index (χ1) is 13.6. The largest absolute Gasteiger partial charge is 0.448 e. The molecule has 0 spiro atoms. The topological polar surface area (TPSA) is 118 Å². The first kappa shape index (κ1) is 21.1. The molecule has 9 heteroatoms. The predicted molar refractivity (Wildman–Crippen MR) is 107 cm³/mol. The molecule has 0 unspecified atom stereocenters. The van der Waals surface area contributed by atoms with Crippen molar-refractivity contribution in [3.8, 4) is 6.07 Å². The number of carbonyl (C=O) groups is 2. The van der Waals surface area contributed by atoms with Crippen molar-refractivity contribution in [1.29, 1.82) is 5.26 Å². The van der Waals surface area contributed by atoms with Crippen LogP contribution in [0.5, 0.6) is 0 Å². The highest BCUT2D eigenvalue weighted by atomic mass is 32.2. The van der Waals surface area contributed by atoms with Crippen LogP contribution in [0.25, 0.3) is 6.08 Å². The molecule has 1 aromatic rings. The van der Waals surface area contributed by atoms with Gasteiger partial charge in [0.05, 0.1) is 11.5 Å². The van der Waals surface area contributed by atoms with Gasteiger partial charge in [-0.25, -0.2) is 13.2 Å². The number of sulfone groups is 1. The number of hydrogen-bond donors (Lipinski definition) is 1. The number of ether oxygens (including phenoxy) is 1. The van der Waals surface area contributed by atoms with E-state index in [1.807, 2.05) is 26.0 Å². The second-order valence-electron chi connectivity index (χ2n) is 7.75. The van der Waals surface area contributed by atoms with Crippen molar-refractivity contribution in [3.63, 3.8) is 0 Å². The van der Waals surface area contributed by atoms with E-state index in [2.05, 4.69) is 9.88 Å². The van der Waals surface area contributed by atoms with Crippen molar-refractivity contribution in [2.45, 2.75) is 58.2 Å². The van der Waals surface area contributed by atoms with Crippen LogP contribution in [0.4, 0.5) is 0 Å². The van der Waals surface area contributed by atoms with Crippen molar-refractivity contribution in [1.82, 2.24) is 9.88 Å². The van der Waals surface area contributed by atoms with Crippen LogP contribution in [0.2, 0.25) is 0 Å². The number of rotatable bonds is 6. The van der Waals surface area contributed by atoms with E-state index in [0.29, 0.717) is 12.5 Å². The molecule has 0 radical (unpaired) electrons. The van der Waals surface area contributed by atoms with Gasteiger partial charge in [0.1, 0.15) is 11.6 Å². The monoisotopic (exact) mass is 419 g/mol. The molecule has 2 aliphatic rings. The number of nitrogens with one attached hydrogen (secondary N) is 1. The van der Waals surface area contributed by atoms with Crippen LogP contribution in [0.15, 0.2) is 11.6 Å². The molecule has 2 fully saturated rings. The van der Waals surface area contributed by atoms with Gasteiger partial charge >= 0.3 is 5.97 Å². The highest BCUT2D eigenvalue weighted by Gasteiger charge is 2.31. The number of hydrogen-bond acceptors (Lipinski definition) is 6. The zero-order valence-corrected chi connectivity index (χ0v) is 17.6. The van der Waals surface area contributed by atoms with Crippen LogP contribution in [-0.2, 0) is 24.2 Å². The molecule has 0 bridgehead atoms. The zero-order chi connectivity index (χ0) is 21.3. The second-order valence-corrected chi connectivity index (χ2v) is 9.98. The van der Waals surface area contributed by atoms with Crippen molar-refractivity contribution in [2.24, 2.45) is 0 Å². The number of nitriles is 1. The molecule has 1 amide bonds. The average molecular weight is 420 g/mol. The number of aryl methyl sites for hydroxylation is 1. The zero-order valence-electron chi connectivity index (χ0n) is 16.8. The summed E-state index contributed by atoms with van der Waals surface area (Å²) in [7, 11) is -3.13. The first-order valence-electron chi connectivity index (χ1n) is 9.63. The lowest BCUT2D eigenvalue weighted by Gasteiger charge is -2.16. The lowest BCUT2D eigenvalue weighted by Crippen LogP contribution is -2.42. The Labute approximate surface area is 170 Å². The van der Waals surface area contributed by atoms with Crippen molar-refractivity contribution >= 4 is 27.8 Å². The molecule has 1 saturated heterocycles. The van der Waals surface area contributed by atoms with Gasteiger partial charge in [0.15, 0.2) is 15.9 Å². The first-order valence-corrected chi connectivity index (χ1v) is 11.5. The van der Waals surface area contributed by atoms with Crippen LogP contribution < -0.4 is 5.32 Å². The number of esters is 1. The van der Waals surface area contributed by atoms with Crippen LogP contribution in [0.3, 0.4) is 0 Å². The summed E-state index contributed by atoms with van der Waals surface area (Å²) < 4.78 is 30.3. The van der Waals surface area contributed by atoms with Gasteiger partial charge < -0.3 is 14.6 Å². The Kier molecular flexibility index (Phi) is 5.85. The van der Waals surface area contributed by atoms with Gasteiger partial charge in [0, 0.05) is 23.5 Å². The van der Waals surface area contributed by atoms with Gasteiger partial charge in [-0.1, -0.05) is 0 Å². The molecule has 1 saturated carbocycles. The SMILES string of the molecule is Cc1cc(/C=C(\C#N)C(=O)O[C@H](C)C(=O)N[C@@H]2CCS(=O)(=O)C2)c(C)n1C1CC1. The molecule has 1 aliphatic heterocycles. The fourth-order valence-electron chi connectivity index (χ4n) is 3.64. The number of amides is 1. The molecular weight excluding hydrogens is 394 g/mol. The fraction of sp³-hybridized carbons (Fsp3) is 0.550. The summed E-state index contributed by atoms with van der Waals surface area (Å²) in [6.07, 6.45) is 2.94. The number of carbonyl (C=O) groups excluding carboxylic acids is 2. The molecule has 1 aliphatic carbocycles. The summed E-state index contributed by atoms with van der Waals surface area (Å²) in [5.74, 6) is -1.54. The van der Waals surface area contributed by atoms with Crippen molar-refractivity contribution < 1.29 is 22.7 Å². The Hall–Kier alpha value is -2.60. The Morgan fingerprint density at radius 2 is 2.03 bits per heavy atom. The Bertz CT molecular complexity index is 1010. The fourth-order valence-corrected chi connectivity index (χ4v) is 5.31. The summed E-state index contributed by atoms with van der Waals surface area (Å²) in [6.45, 7) is 5.33. The molecular formula is C20H25N3O5S.